The van der Waals surface area contributed by atoms with Crippen molar-refractivity contribution in [3.8, 4) is 17.2 Å². The highest BCUT2D eigenvalue weighted by Crippen LogP contribution is 2.54. The van der Waals surface area contributed by atoms with Gasteiger partial charge in [-0.3, -0.25) is 45.9 Å². The summed E-state index contributed by atoms with van der Waals surface area (Å²) in [6.45, 7) is 8.00. The van der Waals surface area contributed by atoms with Crippen LogP contribution < -0.4 is 13.6 Å². The van der Waals surface area contributed by atoms with Crippen LogP contribution >= 0.6 is 38.7 Å². The zero-order valence-corrected chi connectivity index (χ0v) is 40.7. The topological polar surface area (TPSA) is 239 Å². The number of carbonyl (C=O) groups excluding carboxylic acids is 2. The number of hydrogen-bond donors (Lipinski definition) is 0. The van der Waals surface area contributed by atoms with Crippen LogP contribution in [0.3, 0.4) is 0 Å². The van der Waals surface area contributed by atoms with Crippen LogP contribution in [-0.4, -0.2) is 83.2 Å². The quantitative estimate of drug-likeness (QED) is 0.0755. The Morgan fingerprint density at radius 1 is 0.383 bits per heavy atom. The fourth-order valence-corrected chi connectivity index (χ4v) is 5.91. The van der Waals surface area contributed by atoms with E-state index in [-0.39, 0.29) is 29.3 Å². The summed E-state index contributed by atoms with van der Waals surface area (Å²) in [4.78, 5) is 19.6. The van der Waals surface area contributed by atoms with Gasteiger partial charge in [0.25, 0.3) is 0 Å². The molecule has 0 saturated heterocycles. The van der Waals surface area contributed by atoms with E-state index >= 15 is 0 Å². The summed E-state index contributed by atoms with van der Waals surface area (Å²) in [6, 6.07) is 24.9. The van der Waals surface area contributed by atoms with E-state index < -0.39 is 38.7 Å². The molecule has 3 aromatic rings. The van der Waals surface area contributed by atoms with Crippen molar-refractivity contribution in [2.45, 2.75) is 34.1 Å². The Morgan fingerprint density at radius 3 is 0.750 bits per heavy atom. The van der Waals surface area contributed by atoms with Gasteiger partial charge in [0.1, 0.15) is 17.2 Å². The number of hydrogen-bond acceptors (Lipinski definition) is 20. The molecule has 0 fully saturated rings. The van der Waals surface area contributed by atoms with E-state index in [1.165, 1.54) is 29.3 Å². The van der Waals surface area contributed by atoms with E-state index in [9.17, 15) is 32.4 Å². The minimum absolute atomic E-state index is 0.160. The van der Waals surface area contributed by atoms with Gasteiger partial charge < -0.3 is 31.7 Å². The Morgan fingerprint density at radius 2 is 0.600 bits per heavy atom. The predicted molar refractivity (Wildman–Crippen MR) is 228 cm³/mol. The van der Waals surface area contributed by atoms with Crippen molar-refractivity contribution < 1.29 is 91.2 Å². The average molecular weight is 955 g/mol. The molecule has 0 N–H and O–H groups in total. The van der Waals surface area contributed by atoms with Crippen molar-refractivity contribution in [3.05, 3.63) is 90.0 Å². The van der Waals surface area contributed by atoms with E-state index in [1.807, 2.05) is 27.7 Å². The van der Waals surface area contributed by atoms with Crippen molar-refractivity contribution >= 4 is 50.7 Å². The smallest absolute Gasteiger partial charge is 0.404 e. The van der Waals surface area contributed by atoms with Crippen LogP contribution in [0.1, 0.15) is 38.8 Å². The van der Waals surface area contributed by atoms with E-state index in [2.05, 4.69) is 106 Å². The van der Waals surface area contributed by atoms with Gasteiger partial charge in [0, 0.05) is 89.3 Å². The van der Waals surface area contributed by atoms with Crippen LogP contribution in [0, 0.1) is 0 Å². The maximum Gasteiger partial charge on any atom is 0.529 e. The van der Waals surface area contributed by atoms with Crippen molar-refractivity contribution in [1.29, 1.82) is 0 Å². The second-order valence-corrected chi connectivity index (χ2v) is 19.0. The molecule has 0 amide bonds. The Balaban J connectivity index is -0.000000809. The Bertz CT molecular complexity index is 1610. The van der Waals surface area contributed by atoms with E-state index in [0.29, 0.717) is 0 Å². The van der Waals surface area contributed by atoms with Gasteiger partial charge in [0.15, 0.2) is 0 Å². The van der Waals surface area contributed by atoms with E-state index in [0.717, 1.165) is 77.5 Å². The second kappa shape index (κ2) is 33.7. The molecule has 25 heteroatoms. The summed E-state index contributed by atoms with van der Waals surface area (Å²) in [7, 11) is -7.28. The number of phosphoric acid groups is 3. The number of rotatable bonds is 20. The molecule has 0 aliphatic heterocycles. The van der Waals surface area contributed by atoms with Crippen molar-refractivity contribution in [2.24, 2.45) is 0 Å². The molecule has 0 spiro atoms. The van der Waals surface area contributed by atoms with Crippen LogP contribution in [0.5, 0.6) is 17.2 Å². The monoisotopic (exact) mass is 954 g/mol. The number of benzene rings is 3. The minimum Gasteiger partial charge on any atom is -0.404 e. The van der Waals surface area contributed by atoms with Crippen LogP contribution in [-0.2, 0) is 84.1 Å². The number of phosphoric ester groups is 3. The molecule has 0 bridgehead atoms. The fourth-order valence-electron chi connectivity index (χ4n) is 3.29. The second-order valence-electron chi connectivity index (χ2n) is 9.52. The molecular weight excluding hydrogens is 895 g/mol. The third-order valence-electron chi connectivity index (χ3n) is 6.22. The van der Waals surface area contributed by atoms with Gasteiger partial charge in [0.05, 0.1) is 0 Å². The van der Waals surface area contributed by atoms with E-state index in [4.69, 9.17) is 13.6 Å². The Hall–Kier alpha value is -2.85. The fraction of sp³-hybridized carbons (Fsp3) is 0.429. The molecule has 0 atom stereocenters. The molecule has 0 heterocycles. The van der Waals surface area contributed by atoms with Gasteiger partial charge >= 0.3 is 38.7 Å². The number of carbonyl (C=O) groups is 2. The van der Waals surface area contributed by atoms with Crippen LogP contribution in [0.25, 0.3) is 0 Å². The molecule has 3 aromatic carbocycles. The summed E-state index contributed by atoms with van der Waals surface area (Å²) in [5, 5.41) is 0. The minimum atomic E-state index is -3.95. The van der Waals surface area contributed by atoms with Crippen molar-refractivity contribution in [2.75, 3.05) is 71.1 Å². The van der Waals surface area contributed by atoms with Gasteiger partial charge in [0.2, 0.25) is 12.1 Å². The molecule has 0 aliphatic carbocycles. The first-order valence-corrected chi connectivity index (χ1v) is 24.8. The first-order chi connectivity index (χ1) is 28.4. The largest absolute Gasteiger partial charge is 0.529 e. The summed E-state index contributed by atoms with van der Waals surface area (Å²) >= 11 is 0. The lowest BCUT2D eigenvalue weighted by atomic mass is 10.1. The molecular formula is C35H59O20P5. The van der Waals surface area contributed by atoms with Gasteiger partial charge in [-0.2, -0.15) is 0 Å². The molecule has 0 saturated carbocycles. The molecule has 0 radical (unpaired) electrons. The van der Waals surface area contributed by atoms with E-state index in [1.54, 1.807) is 0 Å². The zero-order chi connectivity index (χ0) is 46.9. The van der Waals surface area contributed by atoms with Gasteiger partial charge in [-0.15, -0.1) is 0 Å². The predicted octanol–water partition coefficient (Wildman–Crippen LogP) is 10.7. The first-order valence-electron chi connectivity index (χ1n) is 17.2. The lowest BCUT2D eigenvalue weighted by Crippen LogP contribution is -2.01. The lowest BCUT2D eigenvalue weighted by Gasteiger charge is -2.19. The Labute approximate surface area is 353 Å². The van der Waals surface area contributed by atoms with Crippen molar-refractivity contribution in [1.82, 2.24) is 0 Å². The summed E-state index contributed by atoms with van der Waals surface area (Å²) in [5.41, 5.74) is 2.74. The van der Waals surface area contributed by atoms with Crippen LogP contribution in [0.4, 0.5) is 0 Å². The zero-order valence-electron chi connectivity index (χ0n) is 36.3. The molecule has 60 heavy (non-hydrogen) atoms. The average Bonchev–Trinajstić information content (AvgIpc) is 3.30. The summed E-state index contributed by atoms with van der Waals surface area (Å²) in [6.07, 6.45) is 1.03. The maximum absolute atomic E-state index is 12.2. The molecule has 0 aromatic heterocycles. The highest BCUT2D eigenvalue weighted by Gasteiger charge is 2.30. The van der Waals surface area contributed by atoms with Crippen molar-refractivity contribution in [3.63, 3.8) is 0 Å². The normalized spacial score (nSPS) is 11.0. The summed E-state index contributed by atoms with van der Waals surface area (Å²) in [5.74, 6) is -0.480. The first kappa shape index (κ1) is 61.4. The summed E-state index contributed by atoms with van der Waals surface area (Å²) < 4.78 is 118. The van der Waals surface area contributed by atoms with Crippen LogP contribution in [0.2, 0.25) is 0 Å². The molecule has 344 valence electrons. The highest BCUT2D eigenvalue weighted by molar-refractivity contribution is 7.69. The molecule has 0 unspecified atom stereocenters. The Kier molecular flexibility index (Phi) is 34.6. The standard InChI is InChI=1S/C13H12.C12H21O12P3.2C3H7O4P.2C2H6/c1-3-7-12(8-4-1)11-13-9-5-2-6-10-13;1-16-25(13,17-2)22-10-7-11(23-26(14,18-3)19-4)9-12(8-10)24-27(15,20-5)21-6;2*1-6-8(5,3-4)7-2;2*1-2/h1-10H,11H2;7-9H,1-6H3;2*3H,1-2H3;2*1-2H3. The van der Waals surface area contributed by atoms with Gasteiger partial charge in [-0.25, -0.2) is 13.7 Å². The SMILES string of the molecule is CC.CC.COP(=O)(C=O)OC.COP(=O)(C=O)OC.COP(=O)(OC)Oc1cc(OP(=O)(OC)OC)cc(OP(=O)(OC)OC)c1.c1ccc(Cc2ccccc2)cc1. The molecule has 3 rings (SSSR count). The molecule has 0 aliphatic rings. The highest BCUT2D eigenvalue weighted by atomic mass is 31.2. The van der Waals surface area contributed by atoms with Crippen LogP contribution in [0.15, 0.2) is 78.9 Å². The lowest BCUT2D eigenvalue weighted by molar-refractivity contribution is 0.206. The van der Waals surface area contributed by atoms with Gasteiger partial charge in [-0.1, -0.05) is 88.4 Å². The third kappa shape index (κ3) is 25.2. The van der Waals surface area contributed by atoms with Gasteiger partial charge in [-0.05, 0) is 17.5 Å². The molecule has 20 nitrogen and oxygen atoms in total. The third-order valence-corrected chi connectivity index (χ3v) is 12.8. The maximum atomic E-state index is 12.2.